The standard InChI is InChI=1S/C22H33NO3S/c1-2-22(13-6-14-22)12-4-3-7-16-8-5-9-17(16)10-11-19(24)20-23-18(15-27-20)21(25)26/h3,7,15-17,19,24H,2,4-6,8-14H2,1H3,(H,25,26)/b7-3+/t16?,17-,19?/m1/s1. The maximum atomic E-state index is 10.9. The highest BCUT2D eigenvalue weighted by molar-refractivity contribution is 7.09. The van der Waals surface area contributed by atoms with Gasteiger partial charge in [-0.15, -0.1) is 11.3 Å². The van der Waals surface area contributed by atoms with Gasteiger partial charge in [-0.25, -0.2) is 9.78 Å². The second-order valence-electron chi connectivity index (χ2n) is 8.50. The van der Waals surface area contributed by atoms with Crippen LogP contribution in [0.3, 0.4) is 0 Å². The van der Waals surface area contributed by atoms with Gasteiger partial charge >= 0.3 is 5.97 Å². The average molecular weight is 392 g/mol. The van der Waals surface area contributed by atoms with E-state index in [0.29, 0.717) is 28.7 Å². The van der Waals surface area contributed by atoms with Crippen LogP contribution in [-0.2, 0) is 0 Å². The molecule has 27 heavy (non-hydrogen) atoms. The second-order valence-corrected chi connectivity index (χ2v) is 9.39. The summed E-state index contributed by atoms with van der Waals surface area (Å²) in [6.07, 6.45) is 17.8. The molecule has 0 aliphatic heterocycles. The third-order valence-electron chi connectivity index (χ3n) is 6.94. The van der Waals surface area contributed by atoms with Gasteiger partial charge in [0.15, 0.2) is 5.69 Å². The largest absolute Gasteiger partial charge is 0.476 e. The van der Waals surface area contributed by atoms with Gasteiger partial charge in [-0.05, 0) is 68.6 Å². The van der Waals surface area contributed by atoms with Crippen LogP contribution in [0, 0.1) is 17.3 Å². The Hall–Kier alpha value is -1.20. The van der Waals surface area contributed by atoms with Crippen LogP contribution in [0.25, 0.3) is 0 Å². The molecule has 2 saturated carbocycles. The minimum Gasteiger partial charge on any atom is -0.476 e. The van der Waals surface area contributed by atoms with E-state index in [2.05, 4.69) is 24.1 Å². The first-order chi connectivity index (χ1) is 13.0. The molecule has 3 rings (SSSR count). The van der Waals surface area contributed by atoms with Crippen LogP contribution in [0.4, 0.5) is 0 Å². The molecular formula is C22H33NO3S. The van der Waals surface area contributed by atoms with E-state index >= 15 is 0 Å². The van der Waals surface area contributed by atoms with Gasteiger partial charge in [0, 0.05) is 5.38 Å². The first-order valence-corrected chi connectivity index (χ1v) is 11.4. The number of carboxylic acid groups (broad SMARTS) is 1. The molecule has 1 aromatic rings. The van der Waals surface area contributed by atoms with Crippen LogP contribution in [0.1, 0.15) is 99.2 Å². The summed E-state index contributed by atoms with van der Waals surface area (Å²) in [4.78, 5) is 15.0. The molecule has 3 atom stereocenters. The molecule has 1 heterocycles. The van der Waals surface area contributed by atoms with E-state index in [1.165, 1.54) is 74.5 Å². The molecule has 2 aliphatic rings. The molecule has 2 unspecified atom stereocenters. The summed E-state index contributed by atoms with van der Waals surface area (Å²) in [6, 6.07) is 0. The van der Waals surface area contributed by atoms with E-state index in [9.17, 15) is 9.90 Å². The Bertz CT molecular complexity index is 644. The van der Waals surface area contributed by atoms with Gasteiger partial charge < -0.3 is 10.2 Å². The quantitative estimate of drug-likeness (QED) is 0.481. The van der Waals surface area contributed by atoms with Crippen molar-refractivity contribution in [3.63, 3.8) is 0 Å². The van der Waals surface area contributed by atoms with Crippen molar-refractivity contribution in [1.82, 2.24) is 4.98 Å². The normalized spacial score (nSPS) is 25.6. The third kappa shape index (κ3) is 5.20. The van der Waals surface area contributed by atoms with E-state index in [-0.39, 0.29) is 5.69 Å². The lowest BCUT2D eigenvalue weighted by molar-refractivity contribution is 0.0690. The zero-order valence-electron chi connectivity index (χ0n) is 16.4. The Morgan fingerprint density at radius 3 is 2.85 bits per heavy atom. The number of carboxylic acids is 1. The number of hydrogen-bond acceptors (Lipinski definition) is 4. The zero-order valence-corrected chi connectivity index (χ0v) is 17.2. The second kappa shape index (κ2) is 9.33. The van der Waals surface area contributed by atoms with Crippen molar-refractivity contribution in [2.45, 2.75) is 83.7 Å². The summed E-state index contributed by atoms with van der Waals surface area (Å²) < 4.78 is 0. The Labute approximate surface area is 166 Å². The third-order valence-corrected chi connectivity index (χ3v) is 7.89. The minimum absolute atomic E-state index is 0.0343. The fourth-order valence-corrected chi connectivity index (χ4v) is 5.64. The first kappa shape index (κ1) is 20.5. The average Bonchev–Trinajstić information content (AvgIpc) is 3.28. The van der Waals surface area contributed by atoms with Crippen molar-refractivity contribution in [3.05, 3.63) is 28.2 Å². The highest BCUT2D eigenvalue weighted by atomic mass is 32.1. The van der Waals surface area contributed by atoms with Crippen molar-refractivity contribution < 1.29 is 15.0 Å². The van der Waals surface area contributed by atoms with Crippen molar-refractivity contribution in [3.8, 4) is 0 Å². The molecule has 0 aromatic carbocycles. The Kier molecular flexibility index (Phi) is 7.10. The minimum atomic E-state index is -1.03. The van der Waals surface area contributed by atoms with Crippen molar-refractivity contribution in [2.24, 2.45) is 17.3 Å². The summed E-state index contributed by atoms with van der Waals surface area (Å²) in [6.45, 7) is 2.34. The summed E-state index contributed by atoms with van der Waals surface area (Å²) in [5.41, 5.74) is 0.679. The molecule has 2 aliphatic carbocycles. The number of hydrogen-bond donors (Lipinski definition) is 2. The molecule has 2 N–H and O–H groups in total. The number of aromatic carboxylic acids is 1. The monoisotopic (exact) mass is 391 g/mol. The highest BCUT2D eigenvalue weighted by Gasteiger charge is 2.34. The molecule has 1 aromatic heterocycles. The Morgan fingerprint density at radius 1 is 1.41 bits per heavy atom. The SMILES string of the molecule is CCC1(CC/C=C/C2CCC[C@@H]2CCC(O)c2nc(C(=O)O)cs2)CCC1. The molecule has 150 valence electrons. The molecule has 0 saturated heterocycles. The smallest absolute Gasteiger partial charge is 0.355 e. The van der Waals surface area contributed by atoms with Crippen LogP contribution >= 0.6 is 11.3 Å². The predicted molar refractivity (Wildman–Crippen MR) is 109 cm³/mol. The summed E-state index contributed by atoms with van der Waals surface area (Å²) in [7, 11) is 0. The van der Waals surface area contributed by atoms with Gasteiger partial charge in [0.05, 0.1) is 0 Å². The maximum Gasteiger partial charge on any atom is 0.355 e. The van der Waals surface area contributed by atoms with Crippen LogP contribution < -0.4 is 0 Å². The number of allylic oxidation sites excluding steroid dienone is 2. The fourth-order valence-electron chi connectivity index (χ4n) is 4.83. The van der Waals surface area contributed by atoms with Crippen LogP contribution in [0.15, 0.2) is 17.5 Å². The lowest BCUT2D eigenvalue weighted by Gasteiger charge is -2.41. The molecule has 2 fully saturated rings. The molecule has 0 radical (unpaired) electrons. The van der Waals surface area contributed by atoms with E-state index in [0.717, 1.165) is 6.42 Å². The fraction of sp³-hybridized carbons (Fsp3) is 0.727. The summed E-state index contributed by atoms with van der Waals surface area (Å²) in [5.74, 6) is 0.248. The molecule has 5 heteroatoms. The zero-order chi connectivity index (χ0) is 19.3. The van der Waals surface area contributed by atoms with E-state index in [1.807, 2.05) is 0 Å². The maximum absolute atomic E-state index is 10.9. The summed E-state index contributed by atoms with van der Waals surface area (Å²) in [5, 5.41) is 21.4. The lowest BCUT2D eigenvalue weighted by Crippen LogP contribution is -2.28. The van der Waals surface area contributed by atoms with Crippen molar-refractivity contribution >= 4 is 17.3 Å². The molecular weight excluding hydrogens is 358 g/mol. The van der Waals surface area contributed by atoms with Gasteiger partial charge in [-0.3, -0.25) is 0 Å². The van der Waals surface area contributed by atoms with Crippen LogP contribution in [-0.4, -0.2) is 21.2 Å². The number of aliphatic hydroxyl groups is 1. The Morgan fingerprint density at radius 2 is 2.22 bits per heavy atom. The number of rotatable bonds is 10. The van der Waals surface area contributed by atoms with Crippen molar-refractivity contribution in [2.75, 3.05) is 0 Å². The number of aromatic nitrogens is 1. The number of nitrogens with zero attached hydrogens (tertiary/aromatic N) is 1. The van der Waals surface area contributed by atoms with E-state index in [4.69, 9.17) is 5.11 Å². The van der Waals surface area contributed by atoms with Gasteiger partial charge in [-0.1, -0.05) is 38.3 Å². The number of carbonyl (C=O) groups is 1. The highest BCUT2D eigenvalue weighted by Crippen LogP contribution is 2.47. The van der Waals surface area contributed by atoms with Crippen LogP contribution in [0.2, 0.25) is 0 Å². The molecule has 4 nitrogen and oxygen atoms in total. The molecule has 0 bridgehead atoms. The molecule has 0 spiro atoms. The number of thiazole rings is 1. The van der Waals surface area contributed by atoms with Gasteiger partial charge in [-0.2, -0.15) is 0 Å². The summed E-state index contributed by atoms with van der Waals surface area (Å²) >= 11 is 1.24. The topological polar surface area (TPSA) is 70.4 Å². The van der Waals surface area contributed by atoms with Gasteiger partial charge in [0.2, 0.25) is 0 Å². The van der Waals surface area contributed by atoms with E-state index < -0.39 is 12.1 Å². The van der Waals surface area contributed by atoms with E-state index in [1.54, 1.807) is 0 Å². The number of aliphatic hydroxyl groups excluding tert-OH is 1. The predicted octanol–water partition coefficient (Wildman–Crippen LogP) is 5.99. The first-order valence-electron chi connectivity index (χ1n) is 10.6. The molecule has 0 amide bonds. The van der Waals surface area contributed by atoms with Crippen LogP contribution in [0.5, 0.6) is 0 Å². The lowest BCUT2D eigenvalue weighted by atomic mass is 9.64. The van der Waals surface area contributed by atoms with Gasteiger partial charge in [0.25, 0.3) is 0 Å². The van der Waals surface area contributed by atoms with Crippen molar-refractivity contribution in [1.29, 1.82) is 0 Å². The van der Waals surface area contributed by atoms with Gasteiger partial charge in [0.1, 0.15) is 11.1 Å². The Balaban J connectivity index is 1.43.